The summed E-state index contributed by atoms with van der Waals surface area (Å²) in [5.74, 6) is -0.362. The zero-order chi connectivity index (χ0) is 21.3. The first-order chi connectivity index (χ1) is 14.4. The molecule has 166 valence electrons. The van der Waals surface area contributed by atoms with E-state index in [1.165, 1.54) is 0 Å². The van der Waals surface area contributed by atoms with Gasteiger partial charge in [-0.2, -0.15) is 0 Å². The van der Waals surface area contributed by atoms with Crippen LogP contribution >= 0.6 is 35.6 Å². The number of benzene rings is 2. The van der Waals surface area contributed by atoms with Crippen molar-refractivity contribution < 1.29 is 19.4 Å². The van der Waals surface area contributed by atoms with Gasteiger partial charge in [0.2, 0.25) is 0 Å². The lowest BCUT2D eigenvalue weighted by molar-refractivity contribution is -0.137. The van der Waals surface area contributed by atoms with Crippen LogP contribution in [0.15, 0.2) is 36.4 Å². The first-order valence-corrected chi connectivity index (χ1v) is 10.6. The molecule has 2 N–H and O–H groups in total. The number of carboxylic acid groups (broad SMARTS) is 1. The van der Waals surface area contributed by atoms with Crippen molar-refractivity contribution in [3.8, 4) is 5.75 Å². The van der Waals surface area contributed by atoms with E-state index in [4.69, 9.17) is 33.0 Å². The number of piperidine rings is 1. The van der Waals surface area contributed by atoms with Crippen LogP contribution in [-0.2, 0) is 10.2 Å². The van der Waals surface area contributed by atoms with Gasteiger partial charge < -0.3 is 20.1 Å². The highest BCUT2D eigenvalue weighted by Crippen LogP contribution is 2.46. The van der Waals surface area contributed by atoms with Gasteiger partial charge in [0.25, 0.3) is 5.91 Å². The largest absolute Gasteiger partial charge is 0.492 e. The highest BCUT2D eigenvalue weighted by Gasteiger charge is 2.43. The van der Waals surface area contributed by atoms with Crippen molar-refractivity contribution in [2.75, 3.05) is 31.6 Å². The molecule has 2 aromatic rings. The normalized spacial score (nSPS) is 16.8. The molecule has 1 saturated heterocycles. The van der Waals surface area contributed by atoms with E-state index in [-0.39, 0.29) is 35.7 Å². The molecular weight excluding hydrogens is 463 g/mol. The second-order valence-electron chi connectivity index (χ2n) is 7.82. The Morgan fingerprint density at radius 3 is 2.45 bits per heavy atom. The van der Waals surface area contributed by atoms with E-state index in [0.29, 0.717) is 28.9 Å². The Bertz CT molecular complexity index is 970. The van der Waals surface area contributed by atoms with Gasteiger partial charge in [0.15, 0.2) is 0 Å². The summed E-state index contributed by atoms with van der Waals surface area (Å²) >= 11 is 12.3. The van der Waals surface area contributed by atoms with Gasteiger partial charge in [-0.3, -0.25) is 9.59 Å². The summed E-state index contributed by atoms with van der Waals surface area (Å²) in [5, 5.41) is 12.3. The molecule has 2 aliphatic rings. The Morgan fingerprint density at radius 1 is 1.13 bits per heavy atom. The number of rotatable bonds is 5. The fourth-order valence-electron chi connectivity index (χ4n) is 4.23. The summed E-state index contributed by atoms with van der Waals surface area (Å²) in [6, 6.07) is 10.7. The maximum absolute atomic E-state index is 12.6. The number of anilines is 1. The Kier molecular flexibility index (Phi) is 7.37. The van der Waals surface area contributed by atoms with Crippen LogP contribution in [0.25, 0.3) is 0 Å². The lowest BCUT2D eigenvalue weighted by Gasteiger charge is -2.38. The topological polar surface area (TPSA) is 78.9 Å². The zero-order valence-electron chi connectivity index (χ0n) is 16.7. The molecule has 9 heteroatoms. The predicted molar refractivity (Wildman–Crippen MR) is 123 cm³/mol. The average molecular weight is 486 g/mol. The molecule has 2 aromatic carbocycles. The van der Waals surface area contributed by atoms with Crippen molar-refractivity contribution >= 4 is 53.2 Å². The van der Waals surface area contributed by atoms with Crippen LogP contribution < -0.4 is 10.1 Å². The summed E-state index contributed by atoms with van der Waals surface area (Å²) in [7, 11) is 0. The second kappa shape index (κ2) is 9.65. The van der Waals surface area contributed by atoms with Gasteiger partial charge in [0.05, 0.1) is 28.6 Å². The summed E-state index contributed by atoms with van der Waals surface area (Å²) in [6.45, 7) is 2.87. The number of amides is 1. The second-order valence-corrected chi connectivity index (χ2v) is 8.63. The van der Waals surface area contributed by atoms with Crippen LogP contribution in [0.3, 0.4) is 0 Å². The van der Waals surface area contributed by atoms with E-state index in [0.717, 1.165) is 37.2 Å². The van der Waals surface area contributed by atoms with Gasteiger partial charge in [-0.05, 0) is 44.1 Å². The number of likely N-dealkylation sites (tertiary alicyclic amines) is 1. The number of fused-ring (bicyclic) bond motifs is 2. The number of hydrogen-bond donors (Lipinski definition) is 2. The van der Waals surface area contributed by atoms with Gasteiger partial charge in [0.1, 0.15) is 5.75 Å². The minimum atomic E-state index is -0.766. The fraction of sp³-hybridized carbons (Fsp3) is 0.364. The number of carbonyl (C=O) groups excluding carboxylic acids is 1. The number of carbonyl (C=O) groups is 2. The number of hydrogen-bond acceptors (Lipinski definition) is 4. The van der Waals surface area contributed by atoms with Crippen LogP contribution in [0, 0.1) is 0 Å². The van der Waals surface area contributed by atoms with Crippen molar-refractivity contribution in [2.24, 2.45) is 0 Å². The molecule has 2 heterocycles. The Labute approximate surface area is 196 Å². The van der Waals surface area contributed by atoms with Crippen molar-refractivity contribution in [2.45, 2.75) is 24.7 Å². The van der Waals surface area contributed by atoms with Crippen LogP contribution in [0.1, 0.15) is 35.2 Å². The van der Waals surface area contributed by atoms with E-state index in [1.807, 2.05) is 18.2 Å². The third-order valence-corrected chi connectivity index (χ3v) is 6.59. The molecule has 4 rings (SSSR count). The fourth-order valence-corrected chi connectivity index (χ4v) is 4.80. The van der Waals surface area contributed by atoms with Gasteiger partial charge in [-0.1, -0.05) is 35.3 Å². The number of aliphatic carboxylic acids is 1. The molecule has 1 fully saturated rings. The summed E-state index contributed by atoms with van der Waals surface area (Å²) < 4.78 is 5.98. The molecule has 1 spiro atoms. The molecule has 1 amide bonds. The molecule has 0 aromatic heterocycles. The van der Waals surface area contributed by atoms with Crippen LogP contribution in [0.4, 0.5) is 5.69 Å². The van der Waals surface area contributed by atoms with Crippen molar-refractivity contribution in [1.82, 2.24) is 4.90 Å². The molecule has 0 radical (unpaired) electrons. The van der Waals surface area contributed by atoms with Gasteiger partial charge in [-0.25, -0.2) is 0 Å². The number of nitrogens with zero attached hydrogens (tertiary/aromatic N) is 1. The van der Waals surface area contributed by atoms with Gasteiger partial charge in [-0.15, -0.1) is 12.4 Å². The Hall–Kier alpha value is -1.99. The number of carboxylic acids is 1. The molecule has 31 heavy (non-hydrogen) atoms. The Morgan fingerprint density at radius 2 is 1.81 bits per heavy atom. The summed E-state index contributed by atoms with van der Waals surface area (Å²) in [5.41, 5.74) is 1.95. The average Bonchev–Trinajstić information content (AvgIpc) is 3.05. The van der Waals surface area contributed by atoms with Crippen molar-refractivity contribution in [3.05, 3.63) is 57.6 Å². The number of nitrogens with one attached hydrogen (secondary N) is 1. The lowest BCUT2D eigenvalue weighted by atomic mass is 9.74. The smallest absolute Gasteiger partial charge is 0.304 e. The standard InChI is InChI=1S/C22H22Cl2N2O4.ClH/c23-16-2-1-3-17(24)20(16)21(29)25-14-4-5-15-18(12-14)30-13-22(15)7-10-26(11-8-22)9-6-19(27)28;/h1-5,12H,6-11,13H2,(H,25,29)(H,27,28);1H. The molecule has 6 nitrogen and oxygen atoms in total. The van der Waals surface area contributed by atoms with E-state index in [9.17, 15) is 9.59 Å². The highest BCUT2D eigenvalue weighted by atomic mass is 35.5. The summed E-state index contributed by atoms with van der Waals surface area (Å²) in [6.07, 6.45) is 2.00. The first kappa shape index (κ1) is 23.7. The van der Waals surface area contributed by atoms with E-state index < -0.39 is 5.97 Å². The quantitative estimate of drug-likeness (QED) is 0.632. The SMILES string of the molecule is Cl.O=C(O)CCN1CCC2(CC1)COc1cc(NC(=O)c3c(Cl)cccc3Cl)ccc12. The Balaban J connectivity index is 0.00000272. The lowest BCUT2D eigenvalue weighted by Crippen LogP contribution is -2.44. The third-order valence-electron chi connectivity index (χ3n) is 5.96. The van der Waals surface area contributed by atoms with E-state index in [2.05, 4.69) is 10.2 Å². The molecule has 2 aliphatic heterocycles. The molecule has 0 aliphatic carbocycles. The molecule has 0 unspecified atom stereocenters. The molecule has 0 bridgehead atoms. The molecule has 0 saturated carbocycles. The predicted octanol–water partition coefficient (Wildman–Crippen LogP) is 4.87. The van der Waals surface area contributed by atoms with Crippen LogP contribution in [0.5, 0.6) is 5.75 Å². The maximum atomic E-state index is 12.6. The zero-order valence-corrected chi connectivity index (χ0v) is 19.0. The van der Waals surface area contributed by atoms with E-state index >= 15 is 0 Å². The van der Waals surface area contributed by atoms with Crippen LogP contribution in [0.2, 0.25) is 10.0 Å². The highest BCUT2D eigenvalue weighted by molar-refractivity contribution is 6.40. The van der Waals surface area contributed by atoms with Gasteiger partial charge in [0, 0.05) is 29.3 Å². The number of ether oxygens (including phenoxy) is 1. The van der Waals surface area contributed by atoms with E-state index in [1.54, 1.807) is 18.2 Å². The maximum Gasteiger partial charge on any atom is 0.304 e. The first-order valence-electron chi connectivity index (χ1n) is 9.85. The van der Waals surface area contributed by atoms with Crippen molar-refractivity contribution in [3.63, 3.8) is 0 Å². The summed E-state index contributed by atoms with van der Waals surface area (Å²) in [4.78, 5) is 25.6. The third kappa shape index (κ3) is 4.93. The number of halogens is 3. The van der Waals surface area contributed by atoms with Crippen LogP contribution in [-0.4, -0.2) is 48.1 Å². The monoisotopic (exact) mass is 484 g/mol. The minimum Gasteiger partial charge on any atom is -0.492 e. The molecular formula is C22H23Cl3N2O4. The van der Waals surface area contributed by atoms with Crippen molar-refractivity contribution in [1.29, 1.82) is 0 Å². The minimum absolute atomic E-state index is 0. The van der Waals surface area contributed by atoms with Gasteiger partial charge >= 0.3 is 5.97 Å². The molecule has 0 atom stereocenters.